The Morgan fingerprint density at radius 1 is 1.40 bits per heavy atom. The maximum Gasteiger partial charge on any atom is 0.326 e. The molecule has 1 atom stereocenters. The molecule has 0 aliphatic rings. The first-order chi connectivity index (χ1) is 6.97. The maximum absolute atomic E-state index is 11.2. The number of urea groups is 1. The number of rotatable bonds is 5. The Morgan fingerprint density at radius 2 is 2.00 bits per heavy atom. The Kier molecular flexibility index (Phi) is 6.17. The van der Waals surface area contributed by atoms with Crippen molar-refractivity contribution in [1.29, 1.82) is 0 Å². The zero-order valence-electron chi connectivity index (χ0n) is 9.28. The summed E-state index contributed by atoms with van der Waals surface area (Å²) in [6, 6.07) is -1.34. The summed E-state index contributed by atoms with van der Waals surface area (Å²) in [4.78, 5) is 21.9. The normalized spacial score (nSPS) is 12.8. The van der Waals surface area contributed by atoms with Crippen LogP contribution in [-0.2, 0) is 4.79 Å². The van der Waals surface area contributed by atoms with Crippen LogP contribution in [0.2, 0.25) is 0 Å². The molecule has 15 heavy (non-hydrogen) atoms. The first-order valence-electron chi connectivity index (χ1n) is 4.88. The van der Waals surface area contributed by atoms with Crippen LogP contribution >= 0.6 is 0 Å². The number of carbonyl (C=O) groups is 2. The van der Waals surface area contributed by atoms with Gasteiger partial charge in [0.2, 0.25) is 0 Å². The molecule has 1 unspecified atom stereocenters. The van der Waals surface area contributed by atoms with Crippen molar-refractivity contribution in [1.82, 2.24) is 10.6 Å². The van der Waals surface area contributed by atoms with E-state index in [0.29, 0.717) is 6.42 Å². The van der Waals surface area contributed by atoms with Gasteiger partial charge >= 0.3 is 12.0 Å². The van der Waals surface area contributed by atoms with Gasteiger partial charge in [0.25, 0.3) is 0 Å². The number of nitrogens with one attached hydrogen (secondary N) is 2. The zero-order chi connectivity index (χ0) is 11.8. The Morgan fingerprint density at radius 3 is 2.40 bits per heavy atom. The molecule has 0 aliphatic heterocycles. The third-order valence-electron chi connectivity index (χ3n) is 1.69. The van der Waals surface area contributed by atoms with Gasteiger partial charge in [-0.3, -0.25) is 0 Å². The first kappa shape index (κ1) is 13.5. The number of carboxylic acids is 1. The molecule has 0 heterocycles. The Balaban J connectivity index is 4.16. The second-order valence-corrected chi connectivity index (χ2v) is 3.64. The number of amides is 2. The molecule has 0 fully saturated rings. The second-order valence-electron chi connectivity index (χ2n) is 3.64. The van der Waals surface area contributed by atoms with Crippen molar-refractivity contribution in [3.8, 4) is 0 Å². The number of carbonyl (C=O) groups excluding carboxylic acids is 1. The molecule has 5 heteroatoms. The van der Waals surface area contributed by atoms with Gasteiger partial charge in [0.1, 0.15) is 6.04 Å². The van der Waals surface area contributed by atoms with Crippen LogP contribution < -0.4 is 10.6 Å². The second kappa shape index (κ2) is 6.86. The fraction of sp³-hybridized carbons (Fsp3) is 0.600. The lowest BCUT2D eigenvalue weighted by Crippen LogP contribution is -2.45. The third kappa shape index (κ3) is 6.54. The molecule has 0 aromatic heterocycles. The minimum Gasteiger partial charge on any atom is -0.480 e. The predicted octanol–water partition coefficient (Wildman–Crippen LogP) is 1.32. The summed E-state index contributed by atoms with van der Waals surface area (Å²) in [5, 5.41) is 13.6. The molecule has 0 aliphatic carbocycles. The SMILES string of the molecule is C/C=C/NC(=O)NC(CC(C)C)C(=O)O. The van der Waals surface area contributed by atoms with Gasteiger partial charge < -0.3 is 15.7 Å². The molecule has 0 aromatic carbocycles. The van der Waals surface area contributed by atoms with E-state index >= 15 is 0 Å². The average molecular weight is 214 g/mol. The molecule has 2 amide bonds. The van der Waals surface area contributed by atoms with Gasteiger partial charge in [-0.2, -0.15) is 0 Å². The standard InChI is InChI=1S/C10H18N2O3/c1-4-5-11-10(15)12-8(9(13)14)6-7(2)3/h4-5,7-8H,6H2,1-3H3,(H,13,14)(H2,11,12,15)/b5-4+. The molecule has 0 saturated heterocycles. The zero-order valence-corrected chi connectivity index (χ0v) is 9.28. The lowest BCUT2D eigenvalue weighted by atomic mass is 10.0. The van der Waals surface area contributed by atoms with Crippen LogP contribution in [0, 0.1) is 5.92 Å². The van der Waals surface area contributed by atoms with Crippen LogP contribution in [0.5, 0.6) is 0 Å². The number of carboxylic acid groups (broad SMARTS) is 1. The van der Waals surface area contributed by atoms with Crippen molar-refractivity contribution >= 4 is 12.0 Å². The summed E-state index contributed by atoms with van der Waals surface area (Å²) in [7, 11) is 0. The lowest BCUT2D eigenvalue weighted by Gasteiger charge is -2.15. The topological polar surface area (TPSA) is 78.4 Å². The molecule has 86 valence electrons. The van der Waals surface area contributed by atoms with E-state index in [4.69, 9.17) is 5.11 Å². The van der Waals surface area contributed by atoms with E-state index in [1.165, 1.54) is 6.20 Å². The number of hydrogen-bond donors (Lipinski definition) is 3. The van der Waals surface area contributed by atoms with Gasteiger partial charge in [-0.25, -0.2) is 9.59 Å². The lowest BCUT2D eigenvalue weighted by molar-refractivity contribution is -0.139. The van der Waals surface area contributed by atoms with E-state index in [1.807, 2.05) is 13.8 Å². The Bertz CT molecular complexity index is 249. The Labute approximate surface area is 89.6 Å². The average Bonchev–Trinajstić information content (AvgIpc) is 2.12. The van der Waals surface area contributed by atoms with E-state index in [1.54, 1.807) is 13.0 Å². The summed E-state index contributed by atoms with van der Waals surface area (Å²) in [5.41, 5.74) is 0. The van der Waals surface area contributed by atoms with Crippen molar-refractivity contribution < 1.29 is 14.7 Å². The summed E-state index contributed by atoms with van der Waals surface area (Å²) >= 11 is 0. The van der Waals surface area contributed by atoms with Gasteiger partial charge in [-0.1, -0.05) is 19.9 Å². The summed E-state index contributed by atoms with van der Waals surface area (Å²) in [6.45, 7) is 5.56. The summed E-state index contributed by atoms with van der Waals surface area (Å²) in [6.07, 6.45) is 3.51. The number of hydrogen-bond acceptors (Lipinski definition) is 2. The molecular formula is C10H18N2O3. The minimum absolute atomic E-state index is 0.216. The third-order valence-corrected chi connectivity index (χ3v) is 1.69. The van der Waals surface area contributed by atoms with Crippen LogP contribution in [0.4, 0.5) is 4.79 Å². The maximum atomic E-state index is 11.2. The molecule has 0 aromatic rings. The van der Waals surface area contributed by atoms with Crippen LogP contribution in [0.25, 0.3) is 0 Å². The fourth-order valence-electron chi connectivity index (χ4n) is 1.05. The smallest absolute Gasteiger partial charge is 0.326 e. The quantitative estimate of drug-likeness (QED) is 0.645. The van der Waals surface area contributed by atoms with E-state index in [2.05, 4.69) is 10.6 Å². The highest BCUT2D eigenvalue weighted by molar-refractivity contribution is 5.82. The van der Waals surface area contributed by atoms with Crippen molar-refractivity contribution in [2.45, 2.75) is 33.2 Å². The molecule has 5 nitrogen and oxygen atoms in total. The van der Waals surface area contributed by atoms with E-state index in [0.717, 1.165) is 0 Å². The van der Waals surface area contributed by atoms with Crippen LogP contribution in [0.3, 0.4) is 0 Å². The van der Waals surface area contributed by atoms with Gasteiger partial charge in [-0.05, 0) is 19.3 Å². The van der Waals surface area contributed by atoms with Crippen molar-refractivity contribution in [3.63, 3.8) is 0 Å². The van der Waals surface area contributed by atoms with Crippen molar-refractivity contribution in [2.75, 3.05) is 0 Å². The molecule has 0 bridgehead atoms. The van der Waals surface area contributed by atoms with E-state index in [9.17, 15) is 9.59 Å². The molecule has 0 radical (unpaired) electrons. The Hall–Kier alpha value is -1.52. The summed E-state index contributed by atoms with van der Waals surface area (Å²) < 4.78 is 0. The highest BCUT2D eigenvalue weighted by Crippen LogP contribution is 2.04. The van der Waals surface area contributed by atoms with Gasteiger partial charge in [0.15, 0.2) is 0 Å². The van der Waals surface area contributed by atoms with Gasteiger partial charge in [0, 0.05) is 6.20 Å². The van der Waals surface area contributed by atoms with Crippen LogP contribution in [0.15, 0.2) is 12.3 Å². The molecule has 3 N–H and O–H groups in total. The molecule has 0 rings (SSSR count). The monoisotopic (exact) mass is 214 g/mol. The minimum atomic E-state index is -1.01. The fourth-order valence-corrected chi connectivity index (χ4v) is 1.05. The molecule has 0 spiro atoms. The van der Waals surface area contributed by atoms with Crippen LogP contribution in [-0.4, -0.2) is 23.1 Å². The highest BCUT2D eigenvalue weighted by atomic mass is 16.4. The number of allylic oxidation sites excluding steroid dienone is 1. The molecular weight excluding hydrogens is 196 g/mol. The largest absolute Gasteiger partial charge is 0.480 e. The number of aliphatic carboxylic acids is 1. The van der Waals surface area contributed by atoms with Crippen molar-refractivity contribution in [2.24, 2.45) is 5.92 Å². The van der Waals surface area contributed by atoms with Crippen molar-refractivity contribution in [3.05, 3.63) is 12.3 Å². The summed E-state index contributed by atoms with van der Waals surface area (Å²) in [5.74, 6) is -0.799. The van der Waals surface area contributed by atoms with Gasteiger partial charge in [-0.15, -0.1) is 0 Å². The van der Waals surface area contributed by atoms with E-state index < -0.39 is 18.0 Å². The van der Waals surface area contributed by atoms with E-state index in [-0.39, 0.29) is 5.92 Å². The first-order valence-corrected chi connectivity index (χ1v) is 4.88. The van der Waals surface area contributed by atoms with Crippen LogP contribution in [0.1, 0.15) is 27.2 Å². The highest BCUT2D eigenvalue weighted by Gasteiger charge is 2.20. The molecule has 0 saturated carbocycles. The van der Waals surface area contributed by atoms with Gasteiger partial charge in [0.05, 0.1) is 0 Å². The predicted molar refractivity (Wildman–Crippen MR) is 57.4 cm³/mol.